The van der Waals surface area contributed by atoms with Gasteiger partial charge < -0.3 is 20.7 Å². The van der Waals surface area contributed by atoms with Gasteiger partial charge in [-0.2, -0.15) is 0 Å². The standard InChI is InChI=1S/C27H31N3O3/c1-4-19(2)33-25-15-13-23(14-16-25)30-26(31)18-28-24-12-8-11-22(17-24)27(32)29-20(3)21-9-6-5-7-10-21/h5-17,19-20,28H,4,18H2,1-3H3,(H,29,32)(H,30,31). The van der Waals surface area contributed by atoms with Gasteiger partial charge in [0.1, 0.15) is 5.75 Å². The van der Waals surface area contributed by atoms with E-state index in [-0.39, 0.29) is 30.5 Å². The molecule has 0 radical (unpaired) electrons. The number of benzene rings is 3. The summed E-state index contributed by atoms with van der Waals surface area (Å²) in [4.78, 5) is 25.0. The molecule has 0 aliphatic carbocycles. The van der Waals surface area contributed by atoms with Crippen LogP contribution in [0, 0.1) is 0 Å². The second kappa shape index (κ2) is 11.7. The topological polar surface area (TPSA) is 79.5 Å². The van der Waals surface area contributed by atoms with Gasteiger partial charge in [0.15, 0.2) is 0 Å². The summed E-state index contributed by atoms with van der Waals surface area (Å²) in [6.45, 7) is 6.11. The Morgan fingerprint density at radius 3 is 2.30 bits per heavy atom. The molecule has 6 nitrogen and oxygen atoms in total. The predicted molar refractivity (Wildman–Crippen MR) is 133 cm³/mol. The molecule has 6 heteroatoms. The highest BCUT2D eigenvalue weighted by Gasteiger charge is 2.12. The fourth-order valence-corrected chi connectivity index (χ4v) is 3.20. The van der Waals surface area contributed by atoms with Crippen molar-refractivity contribution < 1.29 is 14.3 Å². The minimum atomic E-state index is -0.182. The van der Waals surface area contributed by atoms with Gasteiger partial charge in [0.25, 0.3) is 5.91 Å². The first-order chi connectivity index (χ1) is 15.9. The van der Waals surface area contributed by atoms with E-state index < -0.39 is 0 Å². The van der Waals surface area contributed by atoms with E-state index >= 15 is 0 Å². The van der Waals surface area contributed by atoms with E-state index in [2.05, 4.69) is 22.9 Å². The van der Waals surface area contributed by atoms with Crippen LogP contribution in [0.15, 0.2) is 78.9 Å². The van der Waals surface area contributed by atoms with Gasteiger partial charge in [-0.1, -0.05) is 43.3 Å². The molecule has 0 saturated heterocycles. The molecule has 3 aromatic rings. The molecule has 0 saturated carbocycles. The van der Waals surface area contributed by atoms with E-state index in [9.17, 15) is 9.59 Å². The summed E-state index contributed by atoms with van der Waals surface area (Å²) < 4.78 is 5.75. The number of amides is 2. The molecule has 0 aromatic heterocycles. The Morgan fingerprint density at radius 1 is 0.879 bits per heavy atom. The molecule has 2 amide bonds. The molecule has 2 unspecified atom stereocenters. The molecule has 3 rings (SSSR count). The Morgan fingerprint density at radius 2 is 1.61 bits per heavy atom. The summed E-state index contributed by atoms with van der Waals surface area (Å²) in [7, 11) is 0. The van der Waals surface area contributed by atoms with Crippen molar-refractivity contribution in [3.63, 3.8) is 0 Å². The van der Waals surface area contributed by atoms with E-state index in [1.54, 1.807) is 18.2 Å². The zero-order valence-corrected chi connectivity index (χ0v) is 19.3. The lowest BCUT2D eigenvalue weighted by atomic mass is 10.1. The van der Waals surface area contributed by atoms with Crippen molar-refractivity contribution in [2.75, 3.05) is 17.2 Å². The Hall–Kier alpha value is -3.80. The van der Waals surface area contributed by atoms with Crippen molar-refractivity contribution in [3.05, 3.63) is 90.0 Å². The summed E-state index contributed by atoms with van der Waals surface area (Å²) in [6.07, 6.45) is 1.08. The second-order valence-corrected chi connectivity index (χ2v) is 7.95. The minimum absolute atomic E-state index is 0.0800. The van der Waals surface area contributed by atoms with Crippen molar-refractivity contribution in [2.45, 2.75) is 39.3 Å². The van der Waals surface area contributed by atoms with Crippen LogP contribution in [0.3, 0.4) is 0 Å². The van der Waals surface area contributed by atoms with E-state index in [0.29, 0.717) is 16.9 Å². The predicted octanol–water partition coefficient (Wildman–Crippen LogP) is 5.41. The Balaban J connectivity index is 1.50. The molecular formula is C27H31N3O3. The van der Waals surface area contributed by atoms with E-state index in [1.165, 1.54) is 0 Å². The molecule has 0 spiro atoms. The SMILES string of the molecule is CCC(C)Oc1ccc(NC(=O)CNc2cccc(C(=O)NC(C)c3ccccc3)c2)cc1. The summed E-state index contributed by atoms with van der Waals surface area (Å²) in [5.41, 5.74) is 2.96. The number of hydrogen-bond acceptors (Lipinski definition) is 4. The number of anilines is 2. The average molecular weight is 446 g/mol. The molecule has 0 aliphatic rings. The fourth-order valence-electron chi connectivity index (χ4n) is 3.20. The number of ether oxygens (including phenoxy) is 1. The first kappa shape index (κ1) is 23.9. The van der Waals surface area contributed by atoms with Crippen LogP contribution >= 0.6 is 0 Å². The van der Waals surface area contributed by atoms with Crippen LogP contribution in [0.25, 0.3) is 0 Å². The molecule has 0 bridgehead atoms. The van der Waals surface area contributed by atoms with Crippen molar-refractivity contribution in [3.8, 4) is 5.75 Å². The summed E-state index contributed by atoms with van der Waals surface area (Å²) in [5.74, 6) is 0.425. The molecule has 33 heavy (non-hydrogen) atoms. The lowest BCUT2D eigenvalue weighted by Crippen LogP contribution is -2.26. The summed E-state index contributed by atoms with van der Waals surface area (Å²) in [5, 5.41) is 8.93. The van der Waals surface area contributed by atoms with Crippen LogP contribution in [-0.4, -0.2) is 24.5 Å². The van der Waals surface area contributed by atoms with Gasteiger partial charge in [0.05, 0.1) is 18.7 Å². The second-order valence-electron chi connectivity index (χ2n) is 7.95. The summed E-state index contributed by atoms with van der Waals surface area (Å²) in [6, 6.07) is 24.1. The fraction of sp³-hybridized carbons (Fsp3) is 0.259. The van der Waals surface area contributed by atoms with E-state index in [0.717, 1.165) is 17.7 Å². The summed E-state index contributed by atoms with van der Waals surface area (Å²) >= 11 is 0. The molecule has 0 fully saturated rings. The molecule has 2 atom stereocenters. The first-order valence-electron chi connectivity index (χ1n) is 11.2. The van der Waals surface area contributed by atoms with Crippen LogP contribution in [0.1, 0.15) is 49.2 Å². The largest absolute Gasteiger partial charge is 0.491 e. The van der Waals surface area contributed by atoms with Crippen LogP contribution in [0.4, 0.5) is 11.4 Å². The number of rotatable bonds is 10. The monoisotopic (exact) mass is 445 g/mol. The number of hydrogen-bond donors (Lipinski definition) is 3. The van der Waals surface area contributed by atoms with Crippen molar-refractivity contribution >= 4 is 23.2 Å². The molecule has 3 N–H and O–H groups in total. The number of carbonyl (C=O) groups is 2. The molecule has 0 aliphatic heterocycles. The van der Waals surface area contributed by atoms with Gasteiger partial charge in [-0.3, -0.25) is 9.59 Å². The third-order valence-corrected chi connectivity index (χ3v) is 5.28. The Bertz CT molecular complexity index is 1050. The minimum Gasteiger partial charge on any atom is -0.491 e. The first-order valence-corrected chi connectivity index (χ1v) is 11.2. The lowest BCUT2D eigenvalue weighted by molar-refractivity contribution is -0.114. The highest BCUT2D eigenvalue weighted by Crippen LogP contribution is 2.18. The average Bonchev–Trinajstić information content (AvgIpc) is 2.84. The maximum absolute atomic E-state index is 12.6. The van der Waals surface area contributed by atoms with Crippen molar-refractivity contribution in [1.82, 2.24) is 5.32 Å². The zero-order chi connectivity index (χ0) is 23.6. The number of carbonyl (C=O) groups excluding carboxylic acids is 2. The normalized spacial score (nSPS) is 12.3. The smallest absolute Gasteiger partial charge is 0.251 e. The molecular weight excluding hydrogens is 414 g/mol. The van der Waals surface area contributed by atoms with Crippen LogP contribution in [0.5, 0.6) is 5.75 Å². The Kier molecular flexibility index (Phi) is 8.47. The highest BCUT2D eigenvalue weighted by molar-refractivity contribution is 5.96. The van der Waals surface area contributed by atoms with Gasteiger partial charge in [-0.05, 0) is 68.3 Å². The lowest BCUT2D eigenvalue weighted by Gasteiger charge is -2.15. The van der Waals surface area contributed by atoms with Crippen molar-refractivity contribution in [2.24, 2.45) is 0 Å². The molecule has 172 valence electrons. The quantitative estimate of drug-likeness (QED) is 0.390. The van der Waals surface area contributed by atoms with Crippen LogP contribution in [0.2, 0.25) is 0 Å². The van der Waals surface area contributed by atoms with E-state index in [1.807, 2.05) is 74.5 Å². The zero-order valence-electron chi connectivity index (χ0n) is 19.3. The third-order valence-electron chi connectivity index (χ3n) is 5.28. The van der Waals surface area contributed by atoms with Gasteiger partial charge in [-0.15, -0.1) is 0 Å². The van der Waals surface area contributed by atoms with Gasteiger partial charge in [0.2, 0.25) is 5.91 Å². The molecule has 0 heterocycles. The van der Waals surface area contributed by atoms with Crippen LogP contribution < -0.4 is 20.7 Å². The number of nitrogens with one attached hydrogen (secondary N) is 3. The van der Waals surface area contributed by atoms with Gasteiger partial charge in [-0.25, -0.2) is 0 Å². The van der Waals surface area contributed by atoms with Crippen LogP contribution in [-0.2, 0) is 4.79 Å². The maximum atomic E-state index is 12.6. The maximum Gasteiger partial charge on any atom is 0.251 e. The third kappa shape index (κ3) is 7.38. The van der Waals surface area contributed by atoms with Gasteiger partial charge >= 0.3 is 0 Å². The molecule has 3 aromatic carbocycles. The van der Waals surface area contributed by atoms with Gasteiger partial charge in [0, 0.05) is 16.9 Å². The van der Waals surface area contributed by atoms with Crippen molar-refractivity contribution in [1.29, 1.82) is 0 Å². The van der Waals surface area contributed by atoms with E-state index in [4.69, 9.17) is 4.74 Å². The Labute approximate surface area is 195 Å². The highest BCUT2D eigenvalue weighted by atomic mass is 16.5.